The van der Waals surface area contributed by atoms with Crippen molar-refractivity contribution < 1.29 is 4.42 Å². The average Bonchev–Trinajstić information content (AvgIpc) is 3.12. The van der Waals surface area contributed by atoms with Gasteiger partial charge in [-0.15, -0.1) is 10.2 Å². The quantitative estimate of drug-likeness (QED) is 0.532. The fourth-order valence-electron chi connectivity index (χ4n) is 2.64. The molecule has 24 heavy (non-hydrogen) atoms. The third-order valence-corrected chi connectivity index (χ3v) is 3.90. The maximum atomic E-state index is 5.77. The van der Waals surface area contributed by atoms with E-state index in [2.05, 4.69) is 46.6 Å². The Kier molecular flexibility index (Phi) is 3.90. The molecule has 0 aliphatic rings. The predicted molar refractivity (Wildman–Crippen MR) is 94.4 cm³/mol. The molecule has 3 nitrogen and oxygen atoms in total. The van der Waals surface area contributed by atoms with Gasteiger partial charge in [-0.2, -0.15) is 0 Å². The molecule has 0 spiro atoms. The van der Waals surface area contributed by atoms with Gasteiger partial charge in [0.25, 0.3) is 0 Å². The lowest BCUT2D eigenvalue weighted by molar-refractivity contribution is 0.518. The molecule has 0 bridgehead atoms. The Bertz CT molecular complexity index is 913. The van der Waals surface area contributed by atoms with E-state index in [0.29, 0.717) is 18.2 Å². The molecule has 3 aromatic carbocycles. The SMILES string of the molecule is c1ccc(-c2ccc(Cc3nnc(-c4ccccc4)o3)cc2)cc1. The minimum absolute atomic E-state index is 0.562. The standard InChI is InChI=1S/C21H16N2O/c1-3-7-17(8-4-1)18-13-11-16(12-14-18)15-20-22-23-21(24-20)19-9-5-2-6-10-19/h1-14H,15H2. The van der Waals surface area contributed by atoms with Crippen molar-refractivity contribution in [2.24, 2.45) is 0 Å². The molecule has 0 aliphatic heterocycles. The second-order valence-corrected chi connectivity index (χ2v) is 5.61. The van der Waals surface area contributed by atoms with Gasteiger partial charge in [-0.1, -0.05) is 72.8 Å². The van der Waals surface area contributed by atoms with Gasteiger partial charge in [0.2, 0.25) is 11.8 Å². The van der Waals surface area contributed by atoms with Crippen LogP contribution >= 0.6 is 0 Å². The molecule has 4 rings (SSSR count). The molecule has 0 saturated carbocycles. The van der Waals surface area contributed by atoms with Gasteiger partial charge in [0.1, 0.15) is 0 Å². The van der Waals surface area contributed by atoms with E-state index in [-0.39, 0.29) is 0 Å². The van der Waals surface area contributed by atoms with Gasteiger partial charge in [-0.3, -0.25) is 0 Å². The van der Waals surface area contributed by atoms with Crippen LogP contribution < -0.4 is 0 Å². The molecule has 4 aromatic rings. The van der Waals surface area contributed by atoms with Gasteiger partial charge in [-0.05, 0) is 28.8 Å². The Morgan fingerprint density at radius 2 is 1.17 bits per heavy atom. The molecule has 0 N–H and O–H groups in total. The fourth-order valence-corrected chi connectivity index (χ4v) is 2.64. The van der Waals surface area contributed by atoms with Crippen LogP contribution in [0.25, 0.3) is 22.6 Å². The summed E-state index contributed by atoms with van der Waals surface area (Å²) < 4.78 is 5.77. The molecular formula is C21H16N2O. The minimum Gasteiger partial charge on any atom is -0.420 e. The molecule has 1 heterocycles. The van der Waals surface area contributed by atoms with Crippen LogP contribution in [0, 0.1) is 0 Å². The largest absolute Gasteiger partial charge is 0.420 e. The van der Waals surface area contributed by atoms with Crippen LogP contribution in [0.2, 0.25) is 0 Å². The van der Waals surface area contributed by atoms with E-state index >= 15 is 0 Å². The second kappa shape index (κ2) is 6.50. The van der Waals surface area contributed by atoms with Crippen molar-refractivity contribution in [2.75, 3.05) is 0 Å². The summed E-state index contributed by atoms with van der Waals surface area (Å²) in [7, 11) is 0. The molecule has 0 atom stereocenters. The first-order valence-corrected chi connectivity index (χ1v) is 7.91. The topological polar surface area (TPSA) is 38.9 Å². The van der Waals surface area contributed by atoms with Crippen LogP contribution in [0.3, 0.4) is 0 Å². The third kappa shape index (κ3) is 3.10. The molecule has 0 fully saturated rings. The fraction of sp³-hybridized carbons (Fsp3) is 0.0476. The van der Waals surface area contributed by atoms with Gasteiger partial charge >= 0.3 is 0 Å². The highest BCUT2D eigenvalue weighted by Gasteiger charge is 2.09. The van der Waals surface area contributed by atoms with Gasteiger partial charge < -0.3 is 4.42 Å². The van der Waals surface area contributed by atoms with Crippen molar-refractivity contribution in [3.05, 3.63) is 96.4 Å². The van der Waals surface area contributed by atoms with Crippen molar-refractivity contribution in [1.82, 2.24) is 10.2 Å². The molecule has 0 saturated heterocycles. The average molecular weight is 312 g/mol. The highest BCUT2D eigenvalue weighted by atomic mass is 16.4. The lowest BCUT2D eigenvalue weighted by Gasteiger charge is -2.03. The van der Waals surface area contributed by atoms with Crippen molar-refractivity contribution in [1.29, 1.82) is 0 Å². The summed E-state index contributed by atoms with van der Waals surface area (Å²) in [6.07, 6.45) is 0.634. The minimum atomic E-state index is 0.562. The monoisotopic (exact) mass is 312 g/mol. The summed E-state index contributed by atoms with van der Waals surface area (Å²) in [6, 6.07) is 28.6. The Labute approximate surface area is 140 Å². The zero-order valence-electron chi connectivity index (χ0n) is 13.1. The smallest absolute Gasteiger partial charge is 0.247 e. The Morgan fingerprint density at radius 1 is 0.583 bits per heavy atom. The number of hydrogen-bond donors (Lipinski definition) is 0. The van der Waals surface area contributed by atoms with Gasteiger partial charge in [0, 0.05) is 5.56 Å². The van der Waals surface area contributed by atoms with E-state index in [1.807, 2.05) is 48.5 Å². The zero-order chi connectivity index (χ0) is 16.2. The number of hydrogen-bond acceptors (Lipinski definition) is 3. The molecule has 0 unspecified atom stereocenters. The maximum absolute atomic E-state index is 5.77. The summed E-state index contributed by atoms with van der Waals surface area (Å²) in [5.74, 6) is 1.19. The summed E-state index contributed by atoms with van der Waals surface area (Å²) >= 11 is 0. The first-order valence-electron chi connectivity index (χ1n) is 7.91. The van der Waals surface area contributed by atoms with Crippen LogP contribution in [-0.2, 0) is 6.42 Å². The molecule has 0 amide bonds. The van der Waals surface area contributed by atoms with Gasteiger partial charge in [0.15, 0.2) is 0 Å². The molecular weight excluding hydrogens is 296 g/mol. The highest BCUT2D eigenvalue weighted by molar-refractivity contribution is 5.63. The Hall–Kier alpha value is -3.20. The van der Waals surface area contributed by atoms with Crippen LogP contribution in [0.5, 0.6) is 0 Å². The molecule has 0 radical (unpaired) electrons. The highest BCUT2D eigenvalue weighted by Crippen LogP contribution is 2.21. The Morgan fingerprint density at radius 3 is 1.83 bits per heavy atom. The van der Waals surface area contributed by atoms with Crippen molar-refractivity contribution in [3.63, 3.8) is 0 Å². The lowest BCUT2D eigenvalue weighted by Crippen LogP contribution is -1.88. The molecule has 3 heteroatoms. The van der Waals surface area contributed by atoms with Crippen LogP contribution in [-0.4, -0.2) is 10.2 Å². The third-order valence-electron chi connectivity index (χ3n) is 3.90. The predicted octanol–water partition coefficient (Wildman–Crippen LogP) is 4.99. The van der Waals surface area contributed by atoms with Crippen LogP contribution in [0.1, 0.15) is 11.5 Å². The van der Waals surface area contributed by atoms with Gasteiger partial charge in [0.05, 0.1) is 6.42 Å². The van der Waals surface area contributed by atoms with E-state index < -0.39 is 0 Å². The normalized spacial score (nSPS) is 10.7. The van der Waals surface area contributed by atoms with Crippen LogP contribution in [0.15, 0.2) is 89.3 Å². The molecule has 116 valence electrons. The first kappa shape index (κ1) is 14.4. The summed E-state index contributed by atoms with van der Waals surface area (Å²) in [6.45, 7) is 0. The summed E-state index contributed by atoms with van der Waals surface area (Å²) in [5, 5.41) is 8.28. The van der Waals surface area contributed by atoms with E-state index in [1.54, 1.807) is 0 Å². The van der Waals surface area contributed by atoms with Crippen molar-refractivity contribution in [3.8, 4) is 22.6 Å². The molecule has 1 aromatic heterocycles. The Balaban J connectivity index is 1.51. The van der Waals surface area contributed by atoms with E-state index in [1.165, 1.54) is 11.1 Å². The summed E-state index contributed by atoms with van der Waals surface area (Å²) in [5.41, 5.74) is 4.51. The first-order chi connectivity index (χ1) is 11.9. The van der Waals surface area contributed by atoms with E-state index in [9.17, 15) is 0 Å². The maximum Gasteiger partial charge on any atom is 0.247 e. The molecule has 0 aliphatic carbocycles. The zero-order valence-corrected chi connectivity index (χ0v) is 13.1. The van der Waals surface area contributed by atoms with E-state index in [4.69, 9.17) is 4.42 Å². The lowest BCUT2D eigenvalue weighted by atomic mass is 10.0. The van der Waals surface area contributed by atoms with E-state index in [0.717, 1.165) is 11.1 Å². The number of rotatable bonds is 4. The second-order valence-electron chi connectivity index (χ2n) is 5.61. The summed E-state index contributed by atoms with van der Waals surface area (Å²) in [4.78, 5) is 0. The number of aromatic nitrogens is 2. The van der Waals surface area contributed by atoms with Crippen molar-refractivity contribution in [2.45, 2.75) is 6.42 Å². The van der Waals surface area contributed by atoms with Crippen LogP contribution in [0.4, 0.5) is 0 Å². The van der Waals surface area contributed by atoms with Crippen molar-refractivity contribution >= 4 is 0 Å². The number of benzene rings is 3. The number of nitrogens with zero attached hydrogens (tertiary/aromatic N) is 2. The van der Waals surface area contributed by atoms with Gasteiger partial charge in [-0.25, -0.2) is 0 Å².